The first-order chi connectivity index (χ1) is 17.7. The average Bonchev–Trinajstić information content (AvgIpc) is 3.26. The molecule has 37 heavy (non-hydrogen) atoms. The van der Waals surface area contributed by atoms with Gasteiger partial charge in [-0.15, -0.1) is 0 Å². The quantitative estimate of drug-likeness (QED) is 0.233. The third-order valence-corrected chi connectivity index (χ3v) is 6.01. The summed E-state index contributed by atoms with van der Waals surface area (Å²) in [6.07, 6.45) is -1.60. The smallest absolute Gasteiger partial charge is 0.255 e. The minimum atomic E-state index is -1.60. The third-order valence-electron chi connectivity index (χ3n) is 6.01. The van der Waals surface area contributed by atoms with Crippen molar-refractivity contribution in [3.63, 3.8) is 0 Å². The molecule has 9 heteroatoms. The molecular formula is C28H31N5O4. The zero-order chi connectivity index (χ0) is 26.5. The summed E-state index contributed by atoms with van der Waals surface area (Å²) in [5, 5.41) is 16.7. The number of fused-ring (bicyclic) bond motifs is 1. The molecule has 4 aromatic rings. The van der Waals surface area contributed by atoms with E-state index in [-0.39, 0.29) is 5.95 Å². The highest BCUT2D eigenvalue weighted by molar-refractivity contribution is 5.98. The summed E-state index contributed by atoms with van der Waals surface area (Å²) in [6, 6.07) is 18.2. The molecule has 0 aliphatic carbocycles. The molecule has 3 aromatic carbocycles. The lowest BCUT2D eigenvalue weighted by atomic mass is 9.98. The number of carbonyl (C=O) groups excluding carboxylic acids is 2. The van der Waals surface area contributed by atoms with Gasteiger partial charge in [0.15, 0.2) is 12.1 Å². The maximum atomic E-state index is 13.1. The predicted molar refractivity (Wildman–Crippen MR) is 143 cm³/mol. The Morgan fingerprint density at radius 2 is 1.81 bits per heavy atom. The van der Waals surface area contributed by atoms with E-state index in [4.69, 9.17) is 10.5 Å². The number of aliphatic hydroxyl groups is 1. The first kappa shape index (κ1) is 25.7. The SMILES string of the molecule is CCOc1cccc(C(NC(=O)c2ccc(C(C)C)cc2)C(O)C(=O)Nc2ccc3nc(N)[nH]c3c2)c1. The standard InChI is InChI=1S/C28H31N5O4/c1-4-37-21-7-5-6-19(14-21)24(33-26(35)18-10-8-17(9-11-18)16(2)3)25(34)27(36)30-20-12-13-22-23(15-20)32-28(29)31-22/h5-16,24-25,34H,4H2,1-3H3,(H,30,36)(H,33,35)(H3,29,31,32). The minimum Gasteiger partial charge on any atom is -0.494 e. The Morgan fingerprint density at radius 3 is 2.51 bits per heavy atom. The number of H-pyrrole nitrogens is 1. The van der Waals surface area contributed by atoms with Crippen molar-refractivity contribution < 1.29 is 19.4 Å². The van der Waals surface area contributed by atoms with Crippen molar-refractivity contribution in [2.45, 2.75) is 38.8 Å². The van der Waals surface area contributed by atoms with Crippen LogP contribution in [0.4, 0.5) is 11.6 Å². The molecule has 1 heterocycles. The molecule has 0 bridgehead atoms. The Bertz CT molecular complexity index is 1400. The lowest BCUT2D eigenvalue weighted by Gasteiger charge is -2.25. The summed E-state index contributed by atoms with van der Waals surface area (Å²) in [4.78, 5) is 33.3. The highest BCUT2D eigenvalue weighted by Gasteiger charge is 2.30. The van der Waals surface area contributed by atoms with Gasteiger partial charge < -0.3 is 31.2 Å². The molecule has 0 spiro atoms. The maximum absolute atomic E-state index is 13.1. The van der Waals surface area contributed by atoms with Crippen molar-refractivity contribution in [3.05, 3.63) is 83.4 Å². The Labute approximate surface area is 215 Å². The molecule has 2 unspecified atom stereocenters. The number of hydrogen-bond acceptors (Lipinski definition) is 6. The van der Waals surface area contributed by atoms with Crippen molar-refractivity contribution in [3.8, 4) is 5.75 Å². The van der Waals surface area contributed by atoms with Gasteiger partial charge in [0.1, 0.15) is 5.75 Å². The van der Waals surface area contributed by atoms with Crippen LogP contribution in [0.3, 0.4) is 0 Å². The molecule has 4 rings (SSSR count). The number of nitrogens with one attached hydrogen (secondary N) is 3. The number of nitrogens with two attached hydrogens (primary N) is 1. The first-order valence-corrected chi connectivity index (χ1v) is 12.1. The van der Waals surface area contributed by atoms with Crippen molar-refractivity contribution in [2.75, 3.05) is 17.7 Å². The van der Waals surface area contributed by atoms with Crippen LogP contribution in [0.25, 0.3) is 11.0 Å². The number of hydrogen-bond donors (Lipinski definition) is 5. The molecule has 9 nitrogen and oxygen atoms in total. The number of rotatable bonds is 9. The topological polar surface area (TPSA) is 142 Å². The molecule has 0 saturated heterocycles. The van der Waals surface area contributed by atoms with Crippen molar-refractivity contribution in [2.24, 2.45) is 0 Å². The van der Waals surface area contributed by atoms with Crippen LogP contribution in [0.5, 0.6) is 5.75 Å². The van der Waals surface area contributed by atoms with Crippen molar-refractivity contribution in [1.82, 2.24) is 15.3 Å². The van der Waals surface area contributed by atoms with E-state index in [0.717, 1.165) is 5.56 Å². The largest absolute Gasteiger partial charge is 0.494 e. The van der Waals surface area contributed by atoms with Crippen LogP contribution in [0.1, 0.15) is 54.2 Å². The van der Waals surface area contributed by atoms with Gasteiger partial charge in [-0.3, -0.25) is 9.59 Å². The van der Waals surface area contributed by atoms with Crippen LogP contribution < -0.4 is 21.1 Å². The predicted octanol–water partition coefficient (Wildman–Crippen LogP) is 4.14. The summed E-state index contributed by atoms with van der Waals surface area (Å²) in [6.45, 7) is 6.46. The second kappa shape index (κ2) is 11.1. The molecule has 0 aliphatic rings. The van der Waals surface area contributed by atoms with Crippen LogP contribution in [0, 0.1) is 0 Å². The van der Waals surface area contributed by atoms with Gasteiger partial charge in [-0.2, -0.15) is 0 Å². The first-order valence-electron chi connectivity index (χ1n) is 12.1. The van der Waals surface area contributed by atoms with Crippen LogP contribution in [0.2, 0.25) is 0 Å². The fourth-order valence-electron chi connectivity index (χ4n) is 4.03. The van der Waals surface area contributed by atoms with E-state index in [1.54, 1.807) is 54.6 Å². The van der Waals surface area contributed by atoms with E-state index in [1.807, 2.05) is 19.1 Å². The zero-order valence-electron chi connectivity index (χ0n) is 21.0. The average molecular weight is 502 g/mol. The number of nitrogen functional groups attached to an aromatic ring is 1. The normalized spacial score (nSPS) is 12.8. The van der Waals surface area contributed by atoms with Gasteiger partial charge in [0.25, 0.3) is 11.8 Å². The summed E-state index contributed by atoms with van der Waals surface area (Å²) >= 11 is 0. The zero-order valence-corrected chi connectivity index (χ0v) is 21.0. The Hall–Kier alpha value is -4.37. The van der Waals surface area contributed by atoms with Gasteiger partial charge in [-0.1, -0.05) is 38.1 Å². The number of carbonyl (C=O) groups is 2. The molecule has 2 amide bonds. The second-order valence-corrected chi connectivity index (χ2v) is 9.02. The molecular weight excluding hydrogens is 470 g/mol. The van der Waals surface area contributed by atoms with Gasteiger partial charge in [-0.05, 0) is 66.4 Å². The number of nitrogens with zero attached hydrogens (tertiary/aromatic N) is 1. The van der Waals surface area contributed by atoms with Gasteiger partial charge in [0.05, 0.1) is 23.7 Å². The third kappa shape index (κ3) is 6.07. The van der Waals surface area contributed by atoms with Gasteiger partial charge >= 0.3 is 0 Å². The Balaban J connectivity index is 1.59. The fourth-order valence-corrected chi connectivity index (χ4v) is 4.03. The fraction of sp³-hybridized carbons (Fsp3) is 0.250. The van der Waals surface area contributed by atoms with E-state index in [9.17, 15) is 14.7 Å². The number of aromatic amines is 1. The maximum Gasteiger partial charge on any atom is 0.255 e. The Kier molecular flexibility index (Phi) is 7.74. The summed E-state index contributed by atoms with van der Waals surface area (Å²) < 4.78 is 5.59. The second-order valence-electron chi connectivity index (χ2n) is 9.02. The molecule has 0 aliphatic heterocycles. The molecule has 6 N–H and O–H groups in total. The van der Waals surface area contributed by atoms with Crippen LogP contribution in [-0.2, 0) is 4.79 Å². The van der Waals surface area contributed by atoms with E-state index in [0.29, 0.717) is 46.1 Å². The van der Waals surface area contributed by atoms with Gasteiger partial charge in [-0.25, -0.2) is 4.98 Å². The highest BCUT2D eigenvalue weighted by atomic mass is 16.5. The molecule has 0 saturated carbocycles. The summed E-state index contributed by atoms with van der Waals surface area (Å²) in [5.74, 6) is 0.0545. The van der Waals surface area contributed by atoms with Crippen molar-refractivity contribution in [1.29, 1.82) is 0 Å². The Morgan fingerprint density at radius 1 is 1.05 bits per heavy atom. The van der Waals surface area contributed by atoms with E-state index in [2.05, 4.69) is 34.4 Å². The van der Waals surface area contributed by atoms with Crippen LogP contribution in [-0.4, -0.2) is 39.6 Å². The molecule has 2 atom stereocenters. The molecule has 192 valence electrons. The number of benzene rings is 3. The van der Waals surface area contributed by atoms with Crippen molar-refractivity contribution >= 4 is 34.5 Å². The number of aromatic nitrogens is 2. The minimum absolute atomic E-state index is 0.261. The number of ether oxygens (including phenoxy) is 1. The van der Waals surface area contributed by atoms with E-state index < -0.39 is 24.0 Å². The van der Waals surface area contributed by atoms with E-state index >= 15 is 0 Å². The molecule has 0 radical (unpaired) electrons. The number of aliphatic hydroxyl groups excluding tert-OH is 1. The number of anilines is 2. The monoisotopic (exact) mass is 501 g/mol. The molecule has 0 fully saturated rings. The van der Waals surface area contributed by atoms with Gasteiger partial charge in [0.2, 0.25) is 0 Å². The van der Waals surface area contributed by atoms with Gasteiger partial charge in [0, 0.05) is 11.3 Å². The van der Waals surface area contributed by atoms with Crippen LogP contribution in [0.15, 0.2) is 66.7 Å². The number of imidazole rings is 1. The van der Waals surface area contributed by atoms with E-state index in [1.165, 1.54) is 0 Å². The molecule has 1 aromatic heterocycles. The lowest BCUT2D eigenvalue weighted by molar-refractivity contribution is -0.125. The van der Waals surface area contributed by atoms with Crippen LogP contribution >= 0.6 is 0 Å². The number of amides is 2. The summed E-state index contributed by atoms with van der Waals surface area (Å²) in [5.41, 5.74) is 9.49. The summed E-state index contributed by atoms with van der Waals surface area (Å²) in [7, 11) is 0. The highest BCUT2D eigenvalue weighted by Crippen LogP contribution is 2.25. The lowest BCUT2D eigenvalue weighted by Crippen LogP contribution is -2.42.